The summed E-state index contributed by atoms with van der Waals surface area (Å²) < 4.78 is 26.8. The van der Waals surface area contributed by atoms with E-state index < -0.39 is 16.0 Å². The molecule has 0 heterocycles. The van der Waals surface area contributed by atoms with Crippen LogP contribution in [-0.2, 0) is 14.8 Å². The van der Waals surface area contributed by atoms with Crippen molar-refractivity contribution in [3.63, 3.8) is 0 Å². The van der Waals surface area contributed by atoms with Crippen molar-refractivity contribution in [2.75, 3.05) is 6.54 Å². The Kier molecular flexibility index (Phi) is 5.92. The molecule has 1 aromatic carbocycles. The number of hydrogen-bond donors (Lipinski definition) is 1. The molecule has 1 N–H and O–H groups in total. The van der Waals surface area contributed by atoms with Gasteiger partial charge in [0.05, 0.1) is 4.90 Å². The highest BCUT2D eigenvalue weighted by Gasteiger charge is 2.27. The molecule has 1 aromatic rings. The SMILES string of the molecule is Cc1cc(C)cc(S(=O)(=O)N(CCCC(=O)O)C(C)C)c1. The Balaban J connectivity index is 3.07. The van der Waals surface area contributed by atoms with Gasteiger partial charge in [-0.05, 0) is 57.4 Å². The molecular weight excluding hydrogens is 290 g/mol. The van der Waals surface area contributed by atoms with Gasteiger partial charge in [0.2, 0.25) is 10.0 Å². The van der Waals surface area contributed by atoms with Crippen LogP contribution in [-0.4, -0.2) is 36.4 Å². The van der Waals surface area contributed by atoms with Crippen molar-refractivity contribution in [1.82, 2.24) is 4.31 Å². The Morgan fingerprint density at radius 1 is 1.19 bits per heavy atom. The van der Waals surface area contributed by atoms with Crippen LogP contribution in [0.5, 0.6) is 0 Å². The average Bonchev–Trinajstić information content (AvgIpc) is 2.32. The first-order valence-electron chi connectivity index (χ1n) is 6.96. The fraction of sp³-hybridized carbons (Fsp3) is 0.533. The molecule has 0 spiro atoms. The molecule has 21 heavy (non-hydrogen) atoms. The lowest BCUT2D eigenvalue weighted by atomic mass is 10.2. The molecule has 0 aliphatic carbocycles. The quantitative estimate of drug-likeness (QED) is 0.839. The van der Waals surface area contributed by atoms with E-state index in [0.717, 1.165) is 11.1 Å². The Morgan fingerprint density at radius 2 is 1.71 bits per heavy atom. The number of carboxylic acid groups (broad SMARTS) is 1. The second kappa shape index (κ2) is 7.04. The number of aryl methyl sites for hydroxylation is 2. The number of sulfonamides is 1. The topological polar surface area (TPSA) is 74.7 Å². The van der Waals surface area contributed by atoms with Crippen molar-refractivity contribution >= 4 is 16.0 Å². The molecule has 0 unspecified atom stereocenters. The summed E-state index contributed by atoms with van der Waals surface area (Å²) in [5, 5.41) is 8.69. The van der Waals surface area contributed by atoms with Crippen LogP contribution in [0.2, 0.25) is 0 Å². The van der Waals surface area contributed by atoms with Crippen molar-refractivity contribution in [2.45, 2.75) is 51.5 Å². The minimum Gasteiger partial charge on any atom is -0.481 e. The second-order valence-electron chi connectivity index (χ2n) is 5.53. The third kappa shape index (κ3) is 4.82. The summed E-state index contributed by atoms with van der Waals surface area (Å²) in [5.41, 5.74) is 1.78. The van der Waals surface area contributed by atoms with E-state index in [1.54, 1.807) is 26.0 Å². The zero-order valence-electron chi connectivity index (χ0n) is 13.0. The van der Waals surface area contributed by atoms with Crippen LogP contribution in [0.1, 0.15) is 37.8 Å². The number of carbonyl (C=O) groups is 1. The van der Waals surface area contributed by atoms with Crippen molar-refractivity contribution in [3.05, 3.63) is 29.3 Å². The van der Waals surface area contributed by atoms with Gasteiger partial charge in [-0.2, -0.15) is 4.31 Å². The summed E-state index contributed by atoms with van der Waals surface area (Å²) in [6.45, 7) is 7.51. The maximum atomic E-state index is 12.7. The van der Waals surface area contributed by atoms with E-state index in [-0.39, 0.29) is 23.9 Å². The monoisotopic (exact) mass is 313 g/mol. The van der Waals surface area contributed by atoms with Gasteiger partial charge in [-0.3, -0.25) is 4.79 Å². The van der Waals surface area contributed by atoms with Crippen molar-refractivity contribution < 1.29 is 18.3 Å². The fourth-order valence-corrected chi connectivity index (χ4v) is 4.12. The first-order valence-corrected chi connectivity index (χ1v) is 8.40. The van der Waals surface area contributed by atoms with Crippen molar-refractivity contribution in [1.29, 1.82) is 0 Å². The van der Waals surface area contributed by atoms with Gasteiger partial charge in [0.1, 0.15) is 0 Å². The lowest BCUT2D eigenvalue weighted by molar-refractivity contribution is -0.137. The highest BCUT2D eigenvalue weighted by molar-refractivity contribution is 7.89. The summed E-state index contributed by atoms with van der Waals surface area (Å²) in [4.78, 5) is 10.9. The van der Waals surface area contributed by atoms with Crippen molar-refractivity contribution in [2.24, 2.45) is 0 Å². The minimum absolute atomic E-state index is 0.0361. The van der Waals surface area contributed by atoms with Crippen LogP contribution in [0.4, 0.5) is 0 Å². The standard InChI is InChI=1S/C15H23NO4S/c1-11(2)16(7-5-6-15(17)18)21(19,20)14-9-12(3)8-13(4)10-14/h8-11H,5-7H2,1-4H3,(H,17,18). The molecule has 0 aromatic heterocycles. The number of rotatable bonds is 7. The smallest absolute Gasteiger partial charge is 0.303 e. The maximum absolute atomic E-state index is 12.7. The molecule has 5 nitrogen and oxygen atoms in total. The van der Waals surface area contributed by atoms with E-state index in [1.165, 1.54) is 4.31 Å². The lowest BCUT2D eigenvalue weighted by Gasteiger charge is -2.26. The predicted molar refractivity (Wildman–Crippen MR) is 81.8 cm³/mol. The Morgan fingerprint density at radius 3 is 2.14 bits per heavy atom. The molecule has 0 saturated heterocycles. The molecule has 0 bridgehead atoms. The van der Waals surface area contributed by atoms with Gasteiger partial charge in [0.25, 0.3) is 0 Å². The first-order chi connectivity index (χ1) is 9.64. The van der Waals surface area contributed by atoms with E-state index in [9.17, 15) is 13.2 Å². The summed E-state index contributed by atoms with van der Waals surface area (Å²) in [6.07, 6.45) is 0.267. The molecule has 118 valence electrons. The highest BCUT2D eigenvalue weighted by Crippen LogP contribution is 2.21. The molecule has 6 heteroatoms. The molecule has 0 saturated carbocycles. The van der Waals surface area contributed by atoms with E-state index in [0.29, 0.717) is 6.42 Å². The van der Waals surface area contributed by atoms with Crippen LogP contribution >= 0.6 is 0 Å². The number of aliphatic carboxylic acids is 1. The normalized spacial score (nSPS) is 12.1. The van der Waals surface area contributed by atoms with Crippen LogP contribution in [0, 0.1) is 13.8 Å². The molecule has 0 fully saturated rings. The molecule has 0 aliphatic rings. The summed E-state index contributed by atoms with van der Waals surface area (Å²) in [6, 6.07) is 5.00. The zero-order chi connectivity index (χ0) is 16.2. The van der Waals surface area contributed by atoms with Crippen LogP contribution in [0.15, 0.2) is 23.1 Å². The van der Waals surface area contributed by atoms with Crippen molar-refractivity contribution in [3.8, 4) is 0 Å². The Labute approximate surface area is 126 Å². The lowest BCUT2D eigenvalue weighted by Crippen LogP contribution is -2.38. The number of benzene rings is 1. The van der Waals surface area contributed by atoms with E-state index in [2.05, 4.69) is 0 Å². The van der Waals surface area contributed by atoms with Crippen LogP contribution in [0.25, 0.3) is 0 Å². The van der Waals surface area contributed by atoms with Gasteiger partial charge >= 0.3 is 5.97 Å². The molecular formula is C15H23NO4S. The summed E-state index contributed by atoms with van der Waals surface area (Å²) in [7, 11) is -3.60. The predicted octanol–water partition coefficient (Wildman–Crippen LogP) is 2.57. The maximum Gasteiger partial charge on any atom is 0.303 e. The Bertz CT molecular complexity index is 588. The first kappa shape index (κ1) is 17.7. The number of carboxylic acids is 1. The average molecular weight is 313 g/mol. The largest absolute Gasteiger partial charge is 0.481 e. The van der Waals surface area contributed by atoms with Gasteiger partial charge < -0.3 is 5.11 Å². The third-order valence-electron chi connectivity index (χ3n) is 3.15. The number of nitrogens with zero attached hydrogens (tertiary/aromatic N) is 1. The third-order valence-corrected chi connectivity index (χ3v) is 5.20. The summed E-state index contributed by atoms with van der Waals surface area (Å²) >= 11 is 0. The van der Waals surface area contributed by atoms with Gasteiger partial charge in [0, 0.05) is 19.0 Å². The molecule has 0 aliphatic heterocycles. The zero-order valence-corrected chi connectivity index (χ0v) is 13.8. The fourth-order valence-electron chi connectivity index (χ4n) is 2.26. The van der Waals surface area contributed by atoms with Gasteiger partial charge in [0.15, 0.2) is 0 Å². The second-order valence-corrected chi connectivity index (χ2v) is 7.42. The molecule has 0 radical (unpaired) electrons. The van der Waals surface area contributed by atoms with Gasteiger partial charge in [-0.1, -0.05) is 6.07 Å². The van der Waals surface area contributed by atoms with Gasteiger partial charge in [-0.15, -0.1) is 0 Å². The van der Waals surface area contributed by atoms with Crippen LogP contribution in [0.3, 0.4) is 0 Å². The minimum atomic E-state index is -3.60. The Hall–Kier alpha value is -1.40. The van der Waals surface area contributed by atoms with E-state index in [1.807, 2.05) is 19.9 Å². The molecule has 0 atom stereocenters. The van der Waals surface area contributed by atoms with E-state index >= 15 is 0 Å². The van der Waals surface area contributed by atoms with E-state index in [4.69, 9.17) is 5.11 Å². The molecule has 1 rings (SSSR count). The summed E-state index contributed by atoms with van der Waals surface area (Å²) in [5.74, 6) is -0.914. The number of hydrogen-bond acceptors (Lipinski definition) is 3. The molecule has 0 amide bonds. The van der Waals surface area contributed by atoms with Crippen LogP contribution < -0.4 is 0 Å². The highest BCUT2D eigenvalue weighted by atomic mass is 32.2. The van der Waals surface area contributed by atoms with Gasteiger partial charge in [-0.25, -0.2) is 8.42 Å².